The van der Waals surface area contributed by atoms with Crippen molar-refractivity contribution in [2.45, 2.75) is 116 Å². The van der Waals surface area contributed by atoms with Gasteiger partial charge in [-0.3, -0.25) is 9.59 Å². The van der Waals surface area contributed by atoms with E-state index < -0.39 is 0 Å². The van der Waals surface area contributed by atoms with E-state index in [1.807, 2.05) is 13.8 Å². The van der Waals surface area contributed by atoms with Gasteiger partial charge >= 0.3 is 11.9 Å². The van der Waals surface area contributed by atoms with Gasteiger partial charge in [0.2, 0.25) is 0 Å². The largest absolute Gasteiger partial charge is 0.466 e. The van der Waals surface area contributed by atoms with E-state index >= 15 is 0 Å². The van der Waals surface area contributed by atoms with E-state index in [1.165, 1.54) is 30.8 Å². The quantitative estimate of drug-likeness (QED) is 0.164. The zero-order valence-corrected chi connectivity index (χ0v) is 23.2. The van der Waals surface area contributed by atoms with E-state index in [2.05, 4.69) is 51.2 Å². The molecule has 0 N–H and O–H groups in total. The Morgan fingerprint density at radius 2 is 1.16 bits per heavy atom. The van der Waals surface area contributed by atoms with E-state index in [4.69, 9.17) is 9.47 Å². The molecule has 0 spiro atoms. The van der Waals surface area contributed by atoms with Crippen molar-refractivity contribution in [2.24, 2.45) is 10.8 Å². The molecule has 4 nitrogen and oxygen atoms in total. The van der Waals surface area contributed by atoms with Gasteiger partial charge < -0.3 is 9.47 Å². The molecule has 0 saturated carbocycles. The highest BCUT2D eigenvalue weighted by atomic mass is 32.2. The Labute approximate surface area is 206 Å². The van der Waals surface area contributed by atoms with E-state index in [9.17, 15) is 9.59 Å². The summed E-state index contributed by atoms with van der Waals surface area (Å²) in [5.41, 5.74) is -0.707. The summed E-state index contributed by atoms with van der Waals surface area (Å²) in [4.78, 5) is 24.7. The Bertz CT molecular complexity index is 520. The maximum Gasteiger partial charge on any atom is 0.311 e. The first-order valence-corrected chi connectivity index (χ1v) is 14.8. The summed E-state index contributed by atoms with van der Waals surface area (Å²) in [7, 11) is 0. The molecule has 6 heteroatoms. The zero-order chi connectivity index (χ0) is 24.1. The molecule has 0 amide bonds. The first-order valence-electron chi connectivity index (χ1n) is 12.8. The maximum absolute atomic E-state index is 12.4. The summed E-state index contributed by atoms with van der Waals surface area (Å²) in [5, 5.41) is 0. The summed E-state index contributed by atoms with van der Waals surface area (Å²) in [5.74, 6) is 2.41. The molecule has 0 radical (unpaired) electrons. The van der Waals surface area contributed by atoms with Crippen LogP contribution in [0.5, 0.6) is 0 Å². The number of thioether (sulfide) groups is 2. The third-order valence-corrected chi connectivity index (χ3v) is 10.7. The Morgan fingerprint density at radius 3 is 1.50 bits per heavy atom. The van der Waals surface area contributed by atoms with Gasteiger partial charge in [-0.2, -0.15) is 0 Å². The SMILES string of the molecule is CCOC(=O)C(C)(CC)CCCCC1(CCCCC(C)(CC)C(=O)OCC)SCCCS1. The zero-order valence-electron chi connectivity index (χ0n) is 21.6. The van der Waals surface area contributed by atoms with E-state index in [0.717, 1.165) is 51.4 Å². The predicted molar refractivity (Wildman–Crippen MR) is 139 cm³/mol. The third-order valence-electron chi connectivity index (χ3n) is 7.19. The summed E-state index contributed by atoms with van der Waals surface area (Å²) in [6.45, 7) is 13.0. The summed E-state index contributed by atoms with van der Waals surface area (Å²) < 4.78 is 10.9. The van der Waals surface area contributed by atoms with Crippen LogP contribution in [0.2, 0.25) is 0 Å². The fourth-order valence-corrected chi connectivity index (χ4v) is 7.80. The van der Waals surface area contributed by atoms with Crippen LogP contribution >= 0.6 is 23.5 Å². The van der Waals surface area contributed by atoms with Gasteiger partial charge in [-0.25, -0.2) is 0 Å². The van der Waals surface area contributed by atoms with Crippen LogP contribution in [-0.2, 0) is 19.1 Å². The van der Waals surface area contributed by atoms with Crippen LogP contribution in [0.1, 0.15) is 112 Å². The number of rotatable bonds is 16. The summed E-state index contributed by atoms with van der Waals surface area (Å²) in [6, 6.07) is 0. The first kappa shape index (κ1) is 29.7. The van der Waals surface area contributed by atoms with Crippen LogP contribution in [0.3, 0.4) is 0 Å². The van der Waals surface area contributed by atoms with Gasteiger partial charge in [0.05, 0.1) is 28.1 Å². The van der Waals surface area contributed by atoms with E-state index in [1.54, 1.807) is 0 Å². The molecule has 1 rings (SSSR count). The third kappa shape index (κ3) is 9.12. The molecule has 1 aliphatic rings. The molecule has 1 heterocycles. The molecule has 0 bridgehead atoms. The minimum absolute atomic E-state index is 0.0424. The van der Waals surface area contributed by atoms with Crippen molar-refractivity contribution < 1.29 is 19.1 Å². The molecule has 0 aromatic heterocycles. The lowest BCUT2D eigenvalue weighted by Crippen LogP contribution is -2.30. The normalized spacial score (nSPS) is 19.6. The number of ether oxygens (including phenoxy) is 2. The Morgan fingerprint density at radius 1 is 0.750 bits per heavy atom. The lowest BCUT2D eigenvalue weighted by Gasteiger charge is -2.37. The van der Waals surface area contributed by atoms with Crippen molar-refractivity contribution in [3.63, 3.8) is 0 Å². The molecule has 2 unspecified atom stereocenters. The summed E-state index contributed by atoms with van der Waals surface area (Å²) in [6.07, 6.45) is 11.6. The second-order valence-electron chi connectivity index (χ2n) is 9.64. The Hall–Kier alpha value is -0.360. The highest BCUT2D eigenvalue weighted by molar-refractivity contribution is 8.18. The lowest BCUT2D eigenvalue weighted by molar-refractivity contribution is -0.156. The first-order chi connectivity index (χ1) is 15.2. The molecule has 2 atom stereocenters. The molecule has 188 valence electrons. The van der Waals surface area contributed by atoms with Crippen LogP contribution in [0, 0.1) is 10.8 Å². The van der Waals surface area contributed by atoms with Crippen LogP contribution < -0.4 is 0 Å². The van der Waals surface area contributed by atoms with Crippen molar-refractivity contribution in [1.82, 2.24) is 0 Å². The Kier molecular flexibility index (Phi) is 13.7. The predicted octanol–water partition coefficient (Wildman–Crippen LogP) is 7.63. The molecule has 0 aliphatic carbocycles. The van der Waals surface area contributed by atoms with E-state index in [-0.39, 0.29) is 22.8 Å². The standard InChI is InChI=1S/C26H48O4S2/c1-7-24(5,22(27)29-9-3)16-11-13-18-26(31-20-15-21-32-26)19-14-12-17-25(6,8-2)23(28)30-10-4/h7-21H2,1-6H3. The highest BCUT2D eigenvalue weighted by Gasteiger charge is 2.36. The molecule has 1 aliphatic heterocycles. The maximum atomic E-state index is 12.4. The van der Waals surface area contributed by atoms with Crippen molar-refractivity contribution in [2.75, 3.05) is 24.7 Å². The van der Waals surface area contributed by atoms with Crippen LogP contribution in [0.15, 0.2) is 0 Å². The van der Waals surface area contributed by atoms with Crippen LogP contribution in [-0.4, -0.2) is 40.7 Å². The van der Waals surface area contributed by atoms with Gasteiger partial charge in [-0.15, -0.1) is 23.5 Å². The molecule has 1 saturated heterocycles. The van der Waals surface area contributed by atoms with Crippen LogP contribution in [0.25, 0.3) is 0 Å². The van der Waals surface area contributed by atoms with Gasteiger partial charge in [0.25, 0.3) is 0 Å². The number of carbonyl (C=O) groups is 2. The Balaban J connectivity index is 2.55. The van der Waals surface area contributed by atoms with Crippen LogP contribution in [0.4, 0.5) is 0 Å². The van der Waals surface area contributed by atoms with Crippen molar-refractivity contribution >= 4 is 35.5 Å². The minimum Gasteiger partial charge on any atom is -0.466 e. The minimum atomic E-state index is -0.353. The number of hydrogen-bond donors (Lipinski definition) is 0. The fraction of sp³-hybridized carbons (Fsp3) is 0.923. The van der Waals surface area contributed by atoms with Gasteiger partial charge in [0.1, 0.15) is 0 Å². The van der Waals surface area contributed by atoms with Crippen molar-refractivity contribution in [1.29, 1.82) is 0 Å². The molecule has 1 fully saturated rings. The lowest BCUT2D eigenvalue weighted by atomic mass is 9.81. The van der Waals surface area contributed by atoms with Gasteiger partial charge in [-0.1, -0.05) is 39.5 Å². The highest BCUT2D eigenvalue weighted by Crippen LogP contribution is 2.49. The molecular weight excluding hydrogens is 440 g/mol. The van der Waals surface area contributed by atoms with Gasteiger partial charge in [-0.05, 0) is 84.1 Å². The smallest absolute Gasteiger partial charge is 0.311 e. The number of unbranched alkanes of at least 4 members (excludes halogenated alkanes) is 2. The monoisotopic (exact) mass is 488 g/mol. The van der Waals surface area contributed by atoms with Gasteiger partial charge in [0.15, 0.2) is 0 Å². The molecular formula is C26H48O4S2. The number of esters is 2. The van der Waals surface area contributed by atoms with Crippen molar-refractivity contribution in [3.05, 3.63) is 0 Å². The molecule has 0 aromatic carbocycles. The summed E-state index contributed by atoms with van der Waals surface area (Å²) >= 11 is 4.29. The molecule has 0 aromatic rings. The second-order valence-corrected chi connectivity index (χ2v) is 12.9. The topological polar surface area (TPSA) is 52.6 Å². The average molecular weight is 489 g/mol. The van der Waals surface area contributed by atoms with Gasteiger partial charge in [0, 0.05) is 0 Å². The number of carbonyl (C=O) groups excluding carboxylic acids is 2. The van der Waals surface area contributed by atoms with E-state index in [0.29, 0.717) is 17.3 Å². The number of hydrogen-bond acceptors (Lipinski definition) is 6. The average Bonchev–Trinajstić information content (AvgIpc) is 2.80. The second kappa shape index (κ2) is 14.8. The molecule has 32 heavy (non-hydrogen) atoms. The fourth-order valence-electron chi connectivity index (χ4n) is 4.31. The van der Waals surface area contributed by atoms with Crippen molar-refractivity contribution in [3.8, 4) is 0 Å².